The summed E-state index contributed by atoms with van der Waals surface area (Å²) < 4.78 is 10.6. The maximum atomic E-state index is 11.7. The van der Waals surface area contributed by atoms with Crippen LogP contribution in [0.5, 0.6) is 0 Å². The zero-order valence-electron chi connectivity index (χ0n) is 10.7. The van der Waals surface area contributed by atoms with Crippen molar-refractivity contribution >= 4 is 5.97 Å². The topological polar surface area (TPSA) is 39.9 Å². The van der Waals surface area contributed by atoms with Crippen molar-refractivity contribution in [2.75, 3.05) is 13.2 Å². The predicted molar refractivity (Wildman–Crippen MR) is 64.1 cm³/mol. The molecule has 0 aromatic heterocycles. The molecule has 4 nitrogen and oxygen atoms in total. The van der Waals surface area contributed by atoms with Gasteiger partial charge in [0, 0.05) is 6.61 Å². The Morgan fingerprint density at radius 3 is 2.88 bits per heavy atom. The van der Waals surface area contributed by atoms with Gasteiger partial charge in [0.25, 0.3) is 5.70 Å². The van der Waals surface area contributed by atoms with E-state index in [9.17, 15) is 4.79 Å². The number of carbonyl (C=O) groups is 1. The average Bonchev–Trinajstić information content (AvgIpc) is 2.41. The third-order valence-electron chi connectivity index (χ3n) is 2.67. The molecule has 1 aliphatic rings. The average molecular weight is 237 g/mol. The van der Waals surface area contributed by atoms with Crippen LogP contribution >= 0.6 is 0 Å². The van der Waals surface area contributed by atoms with Crippen LogP contribution in [0.15, 0.2) is 11.3 Å². The molecule has 0 spiro atoms. The van der Waals surface area contributed by atoms with Crippen LogP contribution in [0.25, 0.3) is 4.85 Å². The van der Waals surface area contributed by atoms with E-state index >= 15 is 0 Å². The number of hydrogen-bond acceptors (Lipinski definition) is 3. The van der Waals surface area contributed by atoms with Crippen LogP contribution in [-0.4, -0.2) is 24.8 Å². The van der Waals surface area contributed by atoms with E-state index in [0.717, 1.165) is 18.4 Å². The Kier molecular flexibility index (Phi) is 4.71. The second kappa shape index (κ2) is 5.83. The lowest BCUT2D eigenvalue weighted by molar-refractivity contribution is -0.138. The van der Waals surface area contributed by atoms with Crippen LogP contribution in [0.4, 0.5) is 0 Å². The molecule has 0 atom stereocenters. The first-order valence-corrected chi connectivity index (χ1v) is 5.90. The lowest BCUT2D eigenvalue weighted by Crippen LogP contribution is -2.24. The Balaban J connectivity index is 2.98. The molecule has 1 heterocycles. The molecule has 0 radical (unpaired) electrons. The summed E-state index contributed by atoms with van der Waals surface area (Å²) in [6, 6.07) is 0. The number of nitrogens with zero attached hydrogens (tertiary/aromatic N) is 1. The van der Waals surface area contributed by atoms with E-state index in [-0.39, 0.29) is 11.3 Å². The van der Waals surface area contributed by atoms with Gasteiger partial charge in [-0.3, -0.25) is 4.79 Å². The van der Waals surface area contributed by atoms with Gasteiger partial charge in [-0.25, -0.2) is 4.85 Å². The molecule has 0 aromatic rings. The van der Waals surface area contributed by atoms with Crippen LogP contribution in [0.2, 0.25) is 0 Å². The van der Waals surface area contributed by atoms with Crippen molar-refractivity contribution < 1.29 is 14.3 Å². The van der Waals surface area contributed by atoms with Crippen LogP contribution < -0.4 is 0 Å². The highest BCUT2D eigenvalue weighted by Crippen LogP contribution is 2.30. The van der Waals surface area contributed by atoms with Gasteiger partial charge in [-0.1, -0.05) is 5.57 Å². The van der Waals surface area contributed by atoms with Crippen LogP contribution in [-0.2, 0) is 14.3 Å². The Morgan fingerprint density at radius 1 is 1.59 bits per heavy atom. The Morgan fingerprint density at radius 2 is 2.29 bits per heavy atom. The molecule has 94 valence electrons. The fourth-order valence-corrected chi connectivity index (χ4v) is 1.96. The smallest absolute Gasteiger partial charge is 0.336 e. The fraction of sp³-hybridized carbons (Fsp3) is 0.692. The van der Waals surface area contributed by atoms with Gasteiger partial charge in [0.2, 0.25) is 0 Å². The van der Waals surface area contributed by atoms with E-state index in [1.54, 1.807) is 6.92 Å². The molecule has 0 N–H and O–H groups in total. The quantitative estimate of drug-likeness (QED) is 0.421. The molecule has 17 heavy (non-hydrogen) atoms. The molecule has 0 unspecified atom stereocenters. The summed E-state index contributed by atoms with van der Waals surface area (Å²) in [7, 11) is 0. The van der Waals surface area contributed by atoms with Crippen molar-refractivity contribution in [2.45, 2.75) is 45.6 Å². The van der Waals surface area contributed by atoms with Crippen molar-refractivity contribution in [3.05, 3.63) is 22.7 Å². The molecule has 1 fully saturated rings. The Bertz CT molecular complexity index is 363. The molecule has 0 aliphatic carbocycles. The predicted octanol–water partition coefficient (Wildman–Crippen LogP) is 2.70. The molecule has 1 aliphatic heterocycles. The second-order valence-electron chi connectivity index (χ2n) is 4.67. The molecule has 0 saturated carbocycles. The van der Waals surface area contributed by atoms with Crippen molar-refractivity contribution in [3.8, 4) is 0 Å². The van der Waals surface area contributed by atoms with Gasteiger partial charge >= 0.3 is 5.97 Å². The van der Waals surface area contributed by atoms with E-state index in [2.05, 4.69) is 4.85 Å². The summed E-state index contributed by atoms with van der Waals surface area (Å²) in [6.45, 7) is 13.8. The van der Waals surface area contributed by atoms with Gasteiger partial charge in [0.05, 0.1) is 18.8 Å². The molecule has 4 heteroatoms. The maximum absolute atomic E-state index is 11.7. The number of carbonyl (C=O) groups excluding carboxylic acids is 1. The van der Waals surface area contributed by atoms with Gasteiger partial charge in [0.1, 0.15) is 0 Å². The van der Waals surface area contributed by atoms with Gasteiger partial charge < -0.3 is 9.47 Å². The molecule has 1 saturated heterocycles. The van der Waals surface area contributed by atoms with Gasteiger partial charge in [0.15, 0.2) is 0 Å². The summed E-state index contributed by atoms with van der Waals surface area (Å²) in [6.07, 6.45) is 2.20. The minimum atomic E-state index is -0.504. The minimum absolute atomic E-state index is 0.144. The number of rotatable bonds is 2. The van der Waals surface area contributed by atoms with E-state index < -0.39 is 5.97 Å². The largest absolute Gasteiger partial charge is 0.471 e. The van der Waals surface area contributed by atoms with E-state index in [1.807, 2.05) is 13.8 Å². The minimum Gasteiger partial charge on any atom is -0.471 e. The van der Waals surface area contributed by atoms with Crippen molar-refractivity contribution in [3.63, 3.8) is 0 Å². The normalized spacial score (nSPS) is 22.2. The lowest BCUT2D eigenvalue weighted by atomic mass is 9.95. The summed E-state index contributed by atoms with van der Waals surface area (Å²) in [4.78, 5) is 15.0. The van der Waals surface area contributed by atoms with E-state index in [0.29, 0.717) is 19.6 Å². The fourth-order valence-electron chi connectivity index (χ4n) is 1.96. The number of esters is 1. The third-order valence-corrected chi connectivity index (χ3v) is 2.67. The summed E-state index contributed by atoms with van der Waals surface area (Å²) in [5.41, 5.74) is 0.695. The molecular weight excluding hydrogens is 218 g/mol. The maximum Gasteiger partial charge on any atom is 0.336 e. The van der Waals surface area contributed by atoms with Crippen LogP contribution in [0, 0.1) is 6.57 Å². The lowest BCUT2D eigenvalue weighted by Gasteiger charge is -2.23. The first-order valence-electron chi connectivity index (χ1n) is 5.90. The van der Waals surface area contributed by atoms with Crippen molar-refractivity contribution in [1.82, 2.24) is 0 Å². The third kappa shape index (κ3) is 3.86. The Labute approximate surface area is 102 Å². The summed E-state index contributed by atoms with van der Waals surface area (Å²) in [5.74, 6) is -0.504. The monoisotopic (exact) mass is 237 g/mol. The van der Waals surface area contributed by atoms with E-state index in [1.165, 1.54) is 0 Å². The highest BCUT2D eigenvalue weighted by atomic mass is 16.5. The van der Waals surface area contributed by atoms with Gasteiger partial charge in [-0.2, -0.15) is 0 Å². The molecule has 0 bridgehead atoms. The summed E-state index contributed by atoms with van der Waals surface area (Å²) >= 11 is 0. The van der Waals surface area contributed by atoms with Crippen molar-refractivity contribution in [2.24, 2.45) is 0 Å². The second-order valence-corrected chi connectivity index (χ2v) is 4.67. The highest BCUT2D eigenvalue weighted by molar-refractivity contribution is 5.91. The van der Waals surface area contributed by atoms with Crippen molar-refractivity contribution in [1.29, 1.82) is 0 Å². The van der Waals surface area contributed by atoms with Crippen LogP contribution in [0.3, 0.4) is 0 Å². The summed E-state index contributed by atoms with van der Waals surface area (Å²) in [5, 5.41) is 0. The first kappa shape index (κ1) is 13.7. The highest BCUT2D eigenvalue weighted by Gasteiger charge is 2.27. The number of hydrogen-bond donors (Lipinski definition) is 0. The van der Waals surface area contributed by atoms with Crippen LogP contribution in [0.1, 0.15) is 40.0 Å². The SMILES string of the molecule is [C-]#[N+]/C(C(=O)OCC)=C1\CCCOC(C)(C)C1. The zero-order chi connectivity index (χ0) is 12.9. The first-order chi connectivity index (χ1) is 8.00. The molecule has 0 aromatic carbocycles. The van der Waals surface area contributed by atoms with Gasteiger partial charge in [-0.05, 0) is 40.0 Å². The molecule has 0 amide bonds. The molecule has 1 rings (SSSR count). The zero-order valence-corrected chi connectivity index (χ0v) is 10.7. The molecular formula is C13H19NO3. The Hall–Kier alpha value is -1.34. The number of ether oxygens (including phenoxy) is 2. The van der Waals surface area contributed by atoms with E-state index in [4.69, 9.17) is 16.0 Å². The standard InChI is InChI=1S/C13H19NO3/c1-5-16-12(15)11(14-4)10-7-6-8-17-13(2,3)9-10/h5-9H2,1-3H3/b11-10+. The van der Waals surface area contributed by atoms with Gasteiger partial charge in [-0.15, -0.1) is 0 Å².